The molecule has 2 rings (SSSR count). The average molecular weight is 299 g/mol. The van der Waals surface area contributed by atoms with E-state index >= 15 is 0 Å². The number of aromatic nitrogens is 1. The Hall–Kier alpha value is -0.980. The molecular weight excluding hydrogens is 284 g/mol. The van der Waals surface area contributed by atoms with Gasteiger partial charge in [-0.3, -0.25) is 15.3 Å². The van der Waals surface area contributed by atoms with E-state index in [9.17, 15) is 0 Å². The minimum atomic E-state index is -0.279. The van der Waals surface area contributed by atoms with E-state index in [-0.39, 0.29) is 11.9 Å². The maximum absolute atomic E-state index is 7.39. The molecule has 1 aromatic rings. The Kier molecular flexibility index (Phi) is 4.09. The molecule has 1 unspecified atom stereocenters. The van der Waals surface area contributed by atoms with Crippen molar-refractivity contribution in [3.05, 3.63) is 28.5 Å². The predicted octanol–water partition coefficient (Wildman–Crippen LogP) is 0.981. The van der Waals surface area contributed by atoms with Crippen LogP contribution in [0, 0.1) is 5.41 Å². The van der Waals surface area contributed by atoms with Crippen LogP contribution in [0.3, 0.4) is 0 Å². The van der Waals surface area contributed by atoms with Crippen LogP contribution in [0.2, 0.25) is 0 Å². The maximum atomic E-state index is 7.39. The molecule has 0 aliphatic carbocycles. The molecule has 1 aliphatic heterocycles. The van der Waals surface area contributed by atoms with Gasteiger partial charge in [-0.1, -0.05) is 0 Å². The van der Waals surface area contributed by atoms with Crippen LogP contribution in [-0.4, -0.2) is 41.5 Å². The number of nitrogens with zero attached hydrogens (tertiary/aromatic N) is 2. The number of pyridine rings is 1. The third-order valence-electron chi connectivity index (χ3n) is 2.67. The molecule has 1 atom stereocenters. The van der Waals surface area contributed by atoms with E-state index in [0.29, 0.717) is 13.2 Å². The van der Waals surface area contributed by atoms with Gasteiger partial charge in [0.05, 0.1) is 12.3 Å². The lowest BCUT2D eigenvalue weighted by Gasteiger charge is -2.31. The van der Waals surface area contributed by atoms with E-state index in [1.54, 1.807) is 6.20 Å². The lowest BCUT2D eigenvalue weighted by Crippen LogP contribution is -2.47. The predicted molar refractivity (Wildman–Crippen MR) is 68.9 cm³/mol. The topological polar surface area (TPSA) is 75.2 Å². The number of hydrogen-bond acceptors (Lipinski definition) is 4. The van der Waals surface area contributed by atoms with Crippen molar-refractivity contribution < 1.29 is 4.74 Å². The number of hydrogen-bond donors (Lipinski definition) is 2. The van der Waals surface area contributed by atoms with Gasteiger partial charge < -0.3 is 10.5 Å². The normalized spacial score (nSPS) is 21.4. The summed E-state index contributed by atoms with van der Waals surface area (Å²) in [6.45, 7) is 2.88. The van der Waals surface area contributed by atoms with Gasteiger partial charge in [0.1, 0.15) is 11.9 Å². The Balaban J connectivity index is 1.94. The molecule has 1 aromatic heterocycles. The molecule has 0 radical (unpaired) electrons. The quantitative estimate of drug-likeness (QED) is 0.644. The number of ether oxygens (including phenoxy) is 1. The fourth-order valence-corrected chi connectivity index (χ4v) is 2.00. The van der Waals surface area contributed by atoms with E-state index < -0.39 is 0 Å². The van der Waals surface area contributed by atoms with E-state index in [1.165, 1.54) is 0 Å². The summed E-state index contributed by atoms with van der Waals surface area (Å²) in [5, 5.41) is 7.39. The summed E-state index contributed by atoms with van der Waals surface area (Å²) in [5.41, 5.74) is 6.46. The maximum Gasteiger partial charge on any atom is 0.127 e. The van der Waals surface area contributed by atoms with Crippen LogP contribution in [-0.2, 0) is 11.3 Å². The second kappa shape index (κ2) is 5.57. The zero-order valence-electron chi connectivity index (χ0n) is 9.40. The Bertz CT molecular complexity index is 395. The Morgan fingerprint density at radius 1 is 1.65 bits per heavy atom. The summed E-state index contributed by atoms with van der Waals surface area (Å²) in [7, 11) is 0. The van der Waals surface area contributed by atoms with E-state index in [0.717, 1.165) is 23.3 Å². The van der Waals surface area contributed by atoms with Crippen LogP contribution in [0.25, 0.3) is 0 Å². The molecule has 17 heavy (non-hydrogen) atoms. The number of amidine groups is 1. The van der Waals surface area contributed by atoms with Crippen molar-refractivity contribution in [3.8, 4) is 0 Å². The number of morpholine rings is 1. The van der Waals surface area contributed by atoms with Crippen molar-refractivity contribution in [2.45, 2.75) is 12.6 Å². The second-order valence-electron chi connectivity index (χ2n) is 4.02. The lowest BCUT2D eigenvalue weighted by molar-refractivity contribution is 0.00192. The van der Waals surface area contributed by atoms with Crippen LogP contribution >= 0.6 is 15.9 Å². The molecule has 92 valence electrons. The number of halogens is 1. The van der Waals surface area contributed by atoms with Crippen LogP contribution in [0.1, 0.15) is 5.69 Å². The summed E-state index contributed by atoms with van der Waals surface area (Å²) >= 11 is 3.36. The Morgan fingerprint density at radius 3 is 3.12 bits per heavy atom. The van der Waals surface area contributed by atoms with Gasteiger partial charge in [0.2, 0.25) is 0 Å². The van der Waals surface area contributed by atoms with Gasteiger partial charge in [-0.05, 0) is 28.1 Å². The van der Waals surface area contributed by atoms with Crippen molar-refractivity contribution in [1.82, 2.24) is 9.88 Å². The first-order valence-electron chi connectivity index (χ1n) is 5.43. The van der Waals surface area contributed by atoms with Crippen molar-refractivity contribution in [1.29, 1.82) is 5.41 Å². The molecule has 0 amide bonds. The van der Waals surface area contributed by atoms with E-state index in [1.807, 2.05) is 12.1 Å². The first kappa shape index (κ1) is 12.5. The SMILES string of the molecule is N=C(N)C1CN(Cc2ccc(Br)cn2)CCO1. The summed E-state index contributed by atoms with van der Waals surface area (Å²) < 4.78 is 6.38. The molecular formula is C11H15BrN4O. The number of nitrogens with one attached hydrogen (secondary N) is 1. The second-order valence-corrected chi connectivity index (χ2v) is 4.93. The van der Waals surface area contributed by atoms with Gasteiger partial charge in [0.15, 0.2) is 0 Å². The highest BCUT2D eigenvalue weighted by Crippen LogP contribution is 2.11. The Morgan fingerprint density at radius 2 is 2.47 bits per heavy atom. The number of nitrogens with two attached hydrogens (primary N) is 1. The summed E-state index contributed by atoms with van der Waals surface area (Å²) in [5.74, 6) is 0.0958. The summed E-state index contributed by atoms with van der Waals surface area (Å²) in [6.07, 6.45) is 1.51. The smallest absolute Gasteiger partial charge is 0.127 e. The van der Waals surface area contributed by atoms with Gasteiger partial charge in [0.25, 0.3) is 0 Å². The molecule has 1 aliphatic rings. The van der Waals surface area contributed by atoms with Crippen LogP contribution < -0.4 is 5.73 Å². The van der Waals surface area contributed by atoms with Gasteiger partial charge in [-0.25, -0.2) is 0 Å². The van der Waals surface area contributed by atoms with Gasteiger partial charge >= 0.3 is 0 Å². The zero-order chi connectivity index (χ0) is 12.3. The molecule has 0 bridgehead atoms. The monoisotopic (exact) mass is 298 g/mol. The standard InChI is InChI=1S/C11H15BrN4O/c12-8-1-2-9(15-5-8)6-16-3-4-17-10(7-16)11(13)14/h1-2,5,10H,3-4,6-7H2,(H3,13,14). The van der Waals surface area contributed by atoms with E-state index in [4.69, 9.17) is 15.9 Å². The molecule has 1 fully saturated rings. The molecule has 0 aromatic carbocycles. The molecule has 2 heterocycles. The fourth-order valence-electron chi connectivity index (χ4n) is 1.76. The van der Waals surface area contributed by atoms with Gasteiger partial charge in [0, 0.05) is 30.3 Å². The van der Waals surface area contributed by atoms with E-state index in [2.05, 4.69) is 25.8 Å². The highest BCUT2D eigenvalue weighted by Gasteiger charge is 2.22. The minimum Gasteiger partial charge on any atom is -0.385 e. The molecule has 3 N–H and O–H groups in total. The van der Waals surface area contributed by atoms with Crippen molar-refractivity contribution in [3.63, 3.8) is 0 Å². The van der Waals surface area contributed by atoms with Crippen LogP contribution in [0.15, 0.2) is 22.8 Å². The number of rotatable bonds is 3. The summed E-state index contributed by atoms with van der Waals surface area (Å²) in [6, 6.07) is 3.97. The summed E-state index contributed by atoms with van der Waals surface area (Å²) in [4.78, 5) is 6.53. The minimum absolute atomic E-state index is 0.0958. The fraction of sp³-hybridized carbons (Fsp3) is 0.455. The zero-order valence-corrected chi connectivity index (χ0v) is 11.0. The van der Waals surface area contributed by atoms with Gasteiger partial charge in [-0.15, -0.1) is 0 Å². The molecule has 6 heteroatoms. The van der Waals surface area contributed by atoms with Crippen LogP contribution in [0.5, 0.6) is 0 Å². The van der Waals surface area contributed by atoms with Crippen molar-refractivity contribution in [2.75, 3.05) is 19.7 Å². The first-order chi connectivity index (χ1) is 8.15. The highest BCUT2D eigenvalue weighted by molar-refractivity contribution is 9.10. The third kappa shape index (κ3) is 3.49. The third-order valence-corrected chi connectivity index (χ3v) is 3.14. The first-order valence-corrected chi connectivity index (χ1v) is 6.23. The Labute approximate surface area is 109 Å². The molecule has 1 saturated heterocycles. The molecule has 0 saturated carbocycles. The molecule has 5 nitrogen and oxygen atoms in total. The lowest BCUT2D eigenvalue weighted by atomic mass is 10.2. The highest BCUT2D eigenvalue weighted by atomic mass is 79.9. The average Bonchev–Trinajstić information content (AvgIpc) is 2.32. The van der Waals surface area contributed by atoms with Crippen molar-refractivity contribution in [2.24, 2.45) is 5.73 Å². The van der Waals surface area contributed by atoms with Crippen molar-refractivity contribution >= 4 is 21.8 Å². The van der Waals surface area contributed by atoms with Gasteiger partial charge in [-0.2, -0.15) is 0 Å². The van der Waals surface area contributed by atoms with Crippen LogP contribution in [0.4, 0.5) is 0 Å². The molecule has 0 spiro atoms. The largest absolute Gasteiger partial charge is 0.385 e.